The van der Waals surface area contributed by atoms with Gasteiger partial charge in [0.1, 0.15) is 0 Å². The molecule has 3 rings (SSSR count). The Morgan fingerprint density at radius 3 is 2.81 bits per heavy atom. The minimum absolute atomic E-state index is 0.119. The lowest BCUT2D eigenvalue weighted by atomic mass is 10.0. The molecule has 1 aromatic carbocycles. The quantitative estimate of drug-likeness (QED) is 0.736. The molecule has 80 valence electrons. The second-order valence-corrected chi connectivity index (χ2v) is 4.04. The first-order valence-corrected chi connectivity index (χ1v) is 5.58. The lowest BCUT2D eigenvalue weighted by molar-refractivity contribution is 0.114. The van der Waals surface area contributed by atoms with E-state index in [1.165, 1.54) is 5.57 Å². The molecule has 0 fully saturated rings. The van der Waals surface area contributed by atoms with Crippen LogP contribution in [-0.2, 0) is 4.84 Å². The highest BCUT2D eigenvalue weighted by Gasteiger charge is 2.24. The zero-order chi connectivity index (χ0) is 10.8. The monoisotopic (exact) mass is 211 g/mol. The third-order valence-electron chi connectivity index (χ3n) is 2.95. The van der Waals surface area contributed by atoms with E-state index in [1.54, 1.807) is 0 Å². The molecule has 0 saturated carbocycles. The number of hydrogen-bond donors (Lipinski definition) is 0. The fraction of sp³-hybridized carbons (Fsp3) is 0.214. The predicted octanol–water partition coefficient (Wildman–Crippen LogP) is 3.07. The van der Waals surface area contributed by atoms with Crippen LogP contribution in [0.2, 0.25) is 0 Å². The van der Waals surface area contributed by atoms with Crippen LogP contribution in [0.25, 0.3) is 0 Å². The highest BCUT2D eigenvalue weighted by molar-refractivity contribution is 6.01. The Morgan fingerprint density at radius 1 is 1.19 bits per heavy atom. The van der Waals surface area contributed by atoms with Crippen molar-refractivity contribution in [3.63, 3.8) is 0 Å². The van der Waals surface area contributed by atoms with Crippen molar-refractivity contribution in [2.75, 3.05) is 0 Å². The summed E-state index contributed by atoms with van der Waals surface area (Å²) in [7, 11) is 0. The van der Waals surface area contributed by atoms with E-state index in [2.05, 4.69) is 35.5 Å². The normalized spacial score (nSPS) is 22.9. The van der Waals surface area contributed by atoms with Gasteiger partial charge in [-0.3, -0.25) is 0 Å². The first-order chi connectivity index (χ1) is 7.93. The molecule has 0 bridgehead atoms. The average molecular weight is 211 g/mol. The summed E-state index contributed by atoms with van der Waals surface area (Å²) in [6.45, 7) is 0. The number of oxime groups is 1. The van der Waals surface area contributed by atoms with Crippen LogP contribution in [0.4, 0.5) is 0 Å². The molecule has 1 heterocycles. The van der Waals surface area contributed by atoms with Gasteiger partial charge >= 0.3 is 0 Å². The van der Waals surface area contributed by atoms with Gasteiger partial charge in [-0.1, -0.05) is 53.7 Å². The maximum absolute atomic E-state index is 5.47. The van der Waals surface area contributed by atoms with Crippen molar-refractivity contribution >= 4 is 5.71 Å². The van der Waals surface area contributed by atoms with Gasteiger partial charge in [-0.15, -0.1) is 0 Å². The molecule has 0 radical (unpaired) electrons. The first kappa shape index (κ1) is 9.40. The third kappa shape index (κ3) is 1.67. The first-order valence-electron chi connectivity index (χ1n) is 5.58. The summed E-state index contributed by atoms with van der Waals surface area (Å²) in [4.78, 5) is 5.47. The zero-order valence-corrected chi connectivity index (χ0v) is 8.97. The molecular formula is C14H13NO. The van der Waals surface area contributed by atoms with Crippen molar-refractivity contribution in [2.45, 2.75) is 18.9 Å². The largest absolute Gasteiger partial charge is 0.387 e. The van der Waals surface area contributed by atoms with Gasteiger partial charge in [0, 0.05) is 6.42 Å². The summed E-state index contributed by atoms with van der Waals surface area (Å²) in [5, 5.41) is 4.17. The van der Waals surface area contributed by atoms with Crippen molar-refractivity contribution in [1.29, 1.82) is 0 Å². The Morgan fingerprint density at radius 2 is 2.06 bits per heavy atom. The second kappa shape index (κ2) is 3.97. The van der Waals surface area contributed by atoms with Crippen molar-refractivity contribution in [1.82, 2.24) is 0 Å². The smallest absolute Gasteiger partial charge is 0.157 e. The molecule has 2 nitrogen and oxygen atoms in total. The highest BCUT2D eigenvalue weighted by atomic mass is 16.6. The van der Waals surface area contributed by atoms with Gasteiger partial charge in [-0.2, -0.15) is 0 Å². The van der Waals surface area contributed by atoms with Crippen molar-refractivity contribution < 1.29 is 4.84 Å². The van der Waals surface area contributed by atoms with Crippen LogP contribution in [0.1, 0.15) is 18.4 Å². The van der Waals surface area contributed by atoms with Crippen LogP contribution in [0.5, 0.6) is 0 Å². The van der Waals surface area contributed by atoms with Crippen LogP contribution in [0, 0.1) is 0 Å². The summed E-state index contributed by atoms with van der Waals surface area (Å²) in [6, 6.07) is 10.2. The topological polar surface area (TPSA) is 21.6 Å². The molecule has 2 heteroatoms. The zero-order valence-electron chi connectivity index (χ0n) is 8.97. The summed E-state index contributed by atoms with van der Waals surface area (Å²) in [5.74, 6) is 0. The van der Waals surface area contributed by atoms with Crippen LogP contribution in [0.15, 0.2) is 59.3 Å². The minimum atomic E-state index is 0.119. The highest BCUT2D eigenvalue weighted by Crippen LogP contribution is 2.25. The lowest BCUT2D eigenvalue weighted by Gasteiger charge is -2.06. The lowest BCUT2D eigenvalue weighted by Crippen LogP contribution is -2.09. The van der Waals surface area contributed by atoms with Gasteiger partial charge in [-0.25, -0.2) is 0 Å². The van der Waals surface area contributed by atoms with Crippen molar-refractivity contribution in [2.24, 2.45) is 5.16 Å². The van der Waals surface area contributed by atoms with Crippen LogP contribution in [0.3, 0.4) is 0 Å². The summed E-state index contributed by atoms with van der Waals surface area (Å²) < 4.78 is 0. The summed E-state index contributed by atoms with van der Waals surface area (Å²) >= 11 is 0. The minimum Gasteiger partial charge on any atom is -0.387 e. The summed E-state index contributed by atoms with van der Waals surface area (Å²) in [5.41, 5.74) is 3.47. The van der Waals surface area contributed by atoms with E-state index in [9.17, 15) is 0 Å². The van der Waals surface area contributed by atoms with E-state index in [0.29, 0.717) is 0 Å². The molecule has 1 aliphatic carbocycles. The van der Waals surface area contributed by atoms with Crippen LogP contribution >= 0.6 is 0 Å². The molecule has 1 aliphatic heterocycles. The molecule has 16 heavy (non-hydrogen) atoms. The Labute approximate surface area is 94.9 Å². The molecule has 0 spiro atoms. The number of hydrogen-bond acceptors (Lipinski definition) is 2. The Balaban J connectivity index is 1.75. The van der Waals surface area contributed by atoms with Gasteiger partial charge in [0.05, 0.1) is 5.71 Å². The molecule has 1 unspecified atom stereocenters. The average Bonchev–Trinajstić information content (AvgIpc) is 3.01. The molecule has 0 amide bonds. The maximum Gasteiger partial charge on any atom is 0.157 e. The molecule has 1 aromatic rings. The Kier molecular flexibility index (Phi) is 2.33. The fourth-order valence-electron chi connectivity index (χ4n) is 2.07. The van der Waals surface area contributed by atoms with Gasteiger partial charge in [0.2, 0.25) is 0 Å². The molecule has 0 N–H and O–H groups in total. The van der Waals surface area contributed by atoms with Gasteiger partial charge in [-0.05, 0) is 17.6 Å². The Bertz CT molecular complexity index is 471. The maximum atomic E-state index is 5.47. The number of nitrogens with zero attached hydrogens (tertiary/aromatic N) is 1. The van der Waals surface area contributed by atoms with E-state index in [-0.39, 0.29) is 6.10 Å². The van der Waals surface area contributed by atoms with Crippen molar-refractivity contribution in [3.05, 3.63) is 59.7 Å². The molecule has 0 saturated heterocycles. The fourth-order valence-corrected chi connectivity index (χ4v) is 2.07. The van der Waals surface area contributed by atoms with E-state index in [1.807, 2.05) is 18.2 Å². The van der Waals surface area contributed by atoms with E-state index in [4.69, 9.17) is 4.84 Å². The van der Waals surface area contributed by atoms with Crippen LogP contribution in [-0.4, -0.2) is 11.8 Å². The summed E-state index contributed by atoms with van der Waals surface area (Å²) in [6.07, 6.45) is 8.51. The number of rotatable bonds is 2. The van der Waals surface area contributed by atoms with Crippen LogP contribution < -0.4 is 0 Å². The standard InChI is InChI=1S/C14H13NO/c1-2-6-11(7-3-1)13-10-14(16-15-13)12-8-4-5-9-12/h1-4,6-9,14H,5,10H2. The number of benzene rings is 1. The van der Waals surface area contributed by atoms with Gasteiger partial charge < -0.3 is 4.84 Å². The van der Waals surface area contributed by atoms with E-state index in [0.717, 1.165) is 24.1 Å². The van der Waals surface area contributed by atoms with Gasteiger partial charge in [0.15, 0.2) is 6.10 Å². The second-order valence-electron chi connectivity index (χ2n) is 4.04. The number of allylic oxidation sites excluding steroid dienone is 2. The van der Waals surface area contributed by atoms with E-state index >= 15 is 0 Å². The predicted molar refractivity (Wildman–Crippen MR) is 64.3 cm³/mol. The Hall–Kier alpha value is -1.83. The SMILES string of the molecule is C1=CC(C2CC(c3ccccc3)=NO2)=CC1. The van der Waals surface area contributed by atoms with Crippen molar-refractivity contribution in [3.8, 4) is 0 Å². The van der Waals surface area contributed by atoms with Gasteiger partial charge in [0.25, 0.3) is 0 Å². The molecule has 1 atom stereocenters. The third-order valence-corrected chi connectivity index (χ3v) is 2.95. The molecule has 0 aromatic heterocycles. The molecular weight excluding hydrogens is 198 g/mol. The van der Waals surface area contributed by atoms with E-state index < -0.39 is 0 Å². The molecule has 2 aliphatic rings.